The van der Waals surface area contributed by atoms with Crippen molar-refractivity contribution in [2.24, 2.45) is 11.8 Å². The largest absolute Gasteiger partial charge is 0.461 e. The number of carbonyl (C=O) groups excluding carboxylic acids is 1. The number of rotatable bonds is 4. The summed E-state index contributed by atoms with van der Waals surface area (Å²) >= 11 is 6.56. The predicted octanol–water partition coefficient (Wildman–Crippen LogP) is 4.82. The number of aromatic nitrogens is 3. The van der Waals surface area contributed by atoms with Gasteiger partial charge in [0.2, 0.25) is 5.91 Å². The molecule has 2 aliphatic rings. The Labute approximate surface area is 216 Å². The van der Waals surface area contributed by atoms with Crippen molar-refractivity contribution in [3.63, 3.8) is 0 Å². The van der Waals surface area contributed by atoms with Crippen molar-refractivity contribution in [1.82, 2.24) is 19.9 Å². The number of nitrogens with zero attached hydrogens (tertiary/aromatic N) is 3. The number of fused-ring (bicyclic) bond motifs is 1. The smallest absolute Gasteiger partial charge is 0.296 e. The van der Waals surface area contributed by atoms with Crippen LogP contribution in [0.3, 0.4) is 0 Å². The Balaban J connectivity index is 1.25. The average Bonchev–Trinajstić information content (AvgIpc) is 3.20. The van der Waals surface area contributed by atoms with Gasteiger partial charge in [-0.3, -0.25) is 4.79 Å². The zero-order valence-corrected chi connectivity index (χ0v) is 21.6. The third kappa shape index (κ3) is 5.35. The lowest BCUT2D eigenvalue weighted by atomic mass is 9.72. The maximum absolute atomic E-state index is 11.5. The molecule has 0 unspecified atom stereocenters. The van der Waals surface area contributed by atoms with E-state index in [4.69, 9.17) is 16.3 Å². The van der Waals surface area contributed by atoms with Crippen molar-refractivity contribution >= 4 is 28.7 Å². The standard InChI is InChI=1S/C28H31ClN4O3/c1-17(34)33-12-10-19(11-13-33)5-4-18-6-8-20(9-7-18)25-23(29)16-24-26(31-25)32-27(30-24)36-22-14-21(15-22)28(2,3)35/h6-9,16,19,21-22,35H,10-15H2,1-3H3,(H,30,31,32). The quantitative estimate of drug-likeness (QED) is 0.495. The molecule has 5 rings (SSSR count). The summed E-state index contributed by atoms with van der Waals surface area (Å²) in [7, 11) is 0. The van der Waals surface area contributed by atoms with Crippen molar-refractivity contribution in [1.29, 1.82) is 0 Å². The Morgan fingerprint density at radius 3 is 2.53 bits per heavy atom. The highest BCUT2D eigenvalue weighted by atomic mass is 35.5. The minimum atomic E-state index is -0.688. The van der Waals surface area contributed by atoms with Gasteiger partial charge in [-0.2, -0.15) is 4.98 Å². The van der Waals surface area contributed by atoms with Gasteiger partial charge in [-0.25, -0.2) is 4.98 Å². The van der Waals surface area contributed by atoms with Crippen LogP contribution in [0, 0.1) is 23.7 Å². The molecule has 1 saturated heterocycles. The molecule has 1 aromatic carbocycles. The van der Waals surface area contributed by atoms with Gasteiger partial charge in [0.05, 0.1) is 21.8 Å². The molecule has 1 aliphatic heterocycles. The van der Waals surface area contributed by atoms with Gasteiger partial charge >= 0.3 is 0 Å². The molecule has 2 fully saturated rings. The predicted molar refractivity (Wildman–Crippen MR) is 140 cm³/mol. The number of piperidine rings is 1. The number of ether oxygens (including phenoxy) is 1. The van der Waals surface area contributed by atoms with Crippen LogP contribution < -0.4 is 4.74 Å². The molecular formula is C28H31ClN4O3. The highest BCUT2D eigenvalue weighted by molar-refractivity contribution is 6.33. The van der Waals surface area contributed by atoms with Crippen LogP contribution in [0.15, 0.2) is 30.3 Å². The normalized spacial score (nSPS) is 20.5. The van der Waals surface area contributed by atoms with Crippen LogP contribution in [0.4, 0.5) is 0 Å². The van der Waals surface area contributed by atoms with E-state index >= 15 is 0 Å². The van der Waals surface area contributed by atoms with Crippen molar-refractivity contribution < 1.29 is 14.6 Å². The molecule has 3 heterocycles. The van der Waals surface area contributed by atoms with Crippen LogP contribution >= 0.6 is 11.6 Å². The number of likely N-dealkylation sites (tertiary alicyclic amines) is 1. The fraction of sp³-hybridized carbons (Fsp3) is 0.464. The molecule has 0 radical (unpaired) electrons. The molecule has 36 heavy (non-hydrogen) atoms. The fourth-order valence-corrected chi connectivity index (χ4v) is 5.05. The molecule has 3 aromatic rings. The Bertz CT molecular complexity index is 1320. The molecule has 1 saturated carbocycles. The van der Waals surface area contributed by atoms with Crippen LogP contribution in [0.2, 0.25) is 5.02 Å². The molecule has 2 N–H and O–H groups in total. The number of H-pyrrole nitrogens is 1. The summed E-state index contributed by atoms with van der Waals surface area (Å²) in [5.41, 5.74) is 3.06. The Morgan fingerprint density at radius 1 is 1.19 bits per heavy atom. The number of carbonyl (C=O) groups is 1. The van der Waals surface area contributed by atoms with E-state index < -0.39 is 5.60 Å². The number of benzene rings is 1. The first-order valence-corrected chi connectivity index (χ1v) is 12.9. The molecule has 1 aliphatic carbocycles. The summed E-state index contributed by atoms with van der Waals surface area (Å²) in [5.74, 6) is 7.32. The van der Waals surface area contributed by atoms with Gasteiger partial charge in [0, 0.05) is 37.1 Å². The summed E-state index contributed by atoms with van der Waals surface area (Å²) < 4.78 is 5.96. The molecule has 8 heteroatoms. The number of aliphatic hydroxyl groups is 1. The minimum Gasteiger partial charge on any atom is -0.461 e. The Morgan fingerprint density at radius 2 is 1.89 bits per heavy atom. The number of aromatic amines is 1. The summed E-state index contributed by atoms with van der Waals surface area (Å²) in [6, 6.07) is 10.1. The van der Waals surface area contributed by atoms with E-state index in [-0.39, 0.29) is 17.9 Å². The first-order chi connectivity index (χ1) is 17.2. The van der Waals surface area contributed by atoms with E-state index in [0.29, 0.717) is 28.3 Å². The summed E-state index contributed by atoms with van der Waals surface area (Å²) in [6.07, 6.45) is 3.47. The second kappa shape index (κ2) is 9.76. The van der Waals surface area contributed by atoms with Gasteiger partial charge in [0.1, 0.15) is 6.10 Å². The first-order valence-electron chi connectivity index (χ1n) is 12.5. The van der Waals surface area contributed by atoms with Crippen LogP contribution in [0.25, 0.3) is 22.4 Å². The molecule has 0 atom stereocenters. The average molecular weight is 507 g/mol. The van der Waals surface area contributed by atoms with Crippen LogP contribution in [-0.2, 0) is 4.79 Å². The topological polar surface area (TPSA) is 91.3 Å². The van der Waals surface area contributed by atoms with Crippen molar-refractivity contribution in [2.45, 2.75) is 58.2 Å². The van der Waals surface area contributed by atoms with E-state index in [9.17, 15) is 9.90 Å². The summed E-state index contributed by atoms with van der Waals surface area (Å²) in [6.45, 7) is 6.85. The third-order valence-electron chi connectivity index (χ3n) is 7.30. The van der Waals surface area contributed by atoms with E-state index in [1.165, 1.54) is 0 Å². The lowest BCUT2D eigenvalue weighted by molar-refractivity contribution is -0.129. The van der Waals surface area contributed by atoms with Crippen molar-refractivity contribution in [3.8, 4) is 29.1 Å². The van der Waals surface area contributed by atoms with E-state index in [1.807, 2.05) is 49.1 Å². The number of halogens is 1. The summed E-state index contributed by atoms with van der Waals surface area (Å²) in [4.78, 5) is 25.7. The maximum Gasteiger partial charge on any atom is 0.296 e. The van der Waals surface area contributed by atoms with Gasteiger partial charge in [-0.1, -0.05) is 35.6 Å². The number of imidazole rings is 1. The third-order valence-corrected chi connectivity index (χ3v) is 7.58. The zero-order valence-electron chi connectivity index (χ0n) is 20.8. The fourth-order valence-electron chi connectivity index (χ4n) is 4.79. The number of hydrogen-bond acceptors (Lipinski definition) is 5. The van der Waals surface area contributed by atoms with E-state index in [1.54, 1.807) is 6.92 Å². The molecule has 2 aromatic heterocycles. The van der Waals surface area contributed by atoms with Crippen LogP contribution in [0.1, 0.15) is 52.0 Å². The Hall–Kier alpha value is -3.08. The SMILES string of the molecule is CC(=O)N1CCC(C#Cc2ccc(-c3nc4nc(OC5CC(C(C)(C)O)C5)[nH]c4cc3Cl)cc2)CC1. The van der Waals surface area contributed by atoms with Gasteiger partial charge < -0.3 is 19.7 Å². The first kappa shape index (κ1) is 24.6. The monoisotopic (exact) mass is 506 g/mol. The van der Waals surface area contributed by atoms with Crippen molar-refractivity contribution in [3.05, 3.63) is 40.9 Å². The zero-order chi connectivity index (χ0) is 25.4. The van der Waals surface area contributed by atoms with Gasteiger partial charge in [0.15, 0.2) is 5.65 Å². The second-order valence-electron chi connectivity index (χ2n) is 10.4. The van der Waals surface area contributed by atoms with Gasteiger partial charge in [-0.05, 0) is 63.6 Å². The lowest BCUT2D eigenvalue weighted by Crippen LogP contribution is -2.45. The molecule has 188 valence electrons. The van der Waals surface area contributed by atoms with Crippen LogP contribution in [-0.4, -0.2) is 55.7 Å². The van der Waals surface area contributed by atoms with Gasteiger partial charge in [0.25, 0.3) is 6.01 Å². The lowest BCUT2D eigenvalue weighted by Gasteiger charge is -2.41. The molecule has 0 spiro atoms. The van der Waals surface area contributed by atoms with Crippen molar-refractivity contribution in [2.75, 3.05) is 13.1 Å². The molecular weight excluding hydrogens is 476 g/mol. The van der Waals surface area contributed by atoms with Gasteiger partial charge in [-0.15, -0.1) is 0 Å². The number of hydrogen-bond donors (Lipinski definition) is 2. The molecule has 0 bridgehead atoms. The highest BCUT2D eigenvalue weighted by Crippen LogP contribution is 2.38. The van der Waals surface area contributed by atoms with Crippen LogP contribution in [0.5, 0.6) is 6.01 Å². The number of pyridine rings is 1. The molecule has 7 nitrogen and oxygen atoms in total. The minimum absolute atomic E-state index is 0.0345. The Kier molecular flexibility index (Phi) is 6.67. The number of nitrogens with one attached hydrogen (secondary N) is 1. The molecule has 1 amide bonds. The van der Waals surface area contributed by atoms with E-state index in [2.05, 4.69) is 26.8 Å². The maximum atomic E-state index is 11.5. The number of amides is 1. The summed E-state index contributed by atoms with van der Waals surface area (Å²) in [5, 5.41) is 10.6. The highest BCUT2D eigenvalue weighted by Gasteiger charge is 2.40. The van der Waals surface area contributed by atoms with E-state index in [0.717, 1.165) is 55.4 Å². The second-order valence-corrected chi connectivity index (χ2v) is 10.8.